The lowest BCUT2D eigenvalue weighted by molar-refractivity contribution is 0.749. The lowest BCUT2D eigenvalue weighted by Crippen LogP contribution is -1.99. The second-order valence-corrected chi connectivity index (χ2v) is 2.29. The van der Waals surface area contributed by atoms with Crippen molar-refractivity contribution in [1.82, 2.24) is 20.0 Å². The predicted octanol–water partition coefficient (Wildman–Crippen LogP) is 0.244. The van der Waals surface area contributed by atoms with E-state index in [9.17, 15) is 0 Å². The summed E-state index contributed by atoms with van der Waals surface area (Å²) in [6.07, 6.45) is 6.43. The van der Waals surface area contributed by atoms with Crippen molar-refractivity contribution in [3.63, 3.8) is 0 Å². The maximum atomic E-state index is 5.53. The summed E-state index contributed by atoms with van der Waals surface area (Å²) in [5.41, 5.74) is 6.90. The summed E-state index contributed by atoms with van der Waals surface area (Å²) in [5, 5.41) is 7.88. The topological polar surface area (TPSA) is 69.6 Å². The molecular weight excluding hydrogens is 154 g/mol. The molecule has 0 bridgehead atoms. The molecule has 0 aliphatic rings. The predicted molar refractivity (Wildman–Crippen MR) is 43.6 cm³/mol. The normalized spacial score (nSPS) is 10.0. The number of hydrogen-bond donors (Lipinski definition) is 1. The first kappa shape index (κ1) is 6.78. The van der Waals surface area contributed by atoms with Gasteiger partial charge in [-0.15, -0.1) is 4.80 Å². The minimum Gasteiger partial charge on any atom is -0.397 e. The Labute approximate surface area is 68.8 Å². The van der Waals surface area contributed by atoms with Crippen LogP contribution in [0.3, 0.4) is 0 Å². The summed E-state index contributed by atoms with van der Waals surface area (Å²) in [6.45, 7) is 0. The third kappa shape index (κ3) is 1.12. The highest BCUT2D eigenvalue weighted by Gasteiger charge is 1.96. The molecule has 2 aromatic heterocycles. The molecule has 0 unspecified atom stereocenters. The molecule has 12 heavy (non-hydrogen) atoms. The fourth-order valence-corrected chi connectivity index (χ4v) is 0.903. The number of aromatic nitrogens is 4. The van der Waals surface area contributed by atoms with Gasteiger partial charge in [-0.25, -0.2) is 0 Å². The van der Waals surface area contributed by atoms with Crippen LogP contribution in [0, 0.1) is 0 Å². The van der Waals surface area contributed by atoms with Crippen molar-refractivity contribution in [3.8, 4) is 5.69 Å². The average Bonchev–Trinajstić information content (AvgIpc) is 2.56. The second kappa shape index (κ2) is 2.61. The Morgan fingerprint density at radius 2 is 1.92 bits per heavy atom. The number of pyridine rings is 1. The van der Waals surface area contributed by atoms with Crippen LogP contribution in [0.4, 0.5) is 5.69 Å². The van der Waals surface area contributed by atoms with Crippen LogP contribution in [0.5, 0.6) is 0 Å². The van der Waals surface area contributed by atoms with Crippen LogP contribution in [0.15, 0.2) is 30.9 Å². The van der Waals surface area contributed by atoms with Gasteiger partial charge in [0.2, 0.25) is 0 Å². The van der Waals surface area contributed by atoms with Crippen LogP contribution < -0.4 is 5.73 Å². The van der Waals surface area contributed by atoms with Gasteiger partial charge in [-0.3, -0.25) is 4.98 Å². The molecule has 2 heterocycles. The Morgan fingerprint density at radius 1 is 1.17 bits per heavy atom. The van der Waals surface area contributed by atoms with Crippen molar-refractivity contribution >= 4 is 5.69 Å². The Kier molecular flexibility index (Phi) is 1.48. The van der Waals surface area contributed by atoms with Crippen molar-refractivity contribution in [2.24, 2.45) is 0 Å². The van der Waals surface area contributed by atoms with E-state index in [0.29, 0.717) is 5.69 Å². The molecule has 5 nitrogen and oxygen atoms in total. The molecule has 0 radical (unpaired) electrons. The summed E-state index contributed by atoms with van der Waals surface area (Å²) in [5.74, 6) is 0. The van der Waals surface area contributed by atoms with Crippen molar-refractivity contribution in [1.29, 1.82) is 0 Å². The zero-order valence-electron chi connectivity index (χ0n) is 6.25. The second-order valence-electron chi connectivity index (χ2n) is 2.29. The average molecular weight is 161 g/mol. The van der Waals surface area contributed by atoms with E-state index in [1.165, 1.54) is 4.80 Å². The molecule has 2 N–H and O–H groups in total. The molecule has 0 spiro atoms. The van der Waals surface area contributed by atoms with E-state index in [-0.39, 0.29) is 0 Å². The van der Waals surface area contributed by atoms with Crippen molar-refractivity contribution in [3.05, 3.63) is 30.9 Å². The van der Waals surface area contributed by atoms with Gasteiger partial charge in [0, 0.05) is 6.20 Å². The molecule has 0 atom stereocenters. The summed E-state index contributed by atoms with van der Waals surface area (Å²) < 4.78 is 0. The van der Waals surface area contributed by atoms with E-state index < -0.39 is 0 Å². The number of nitrogen functional groups attached to an aromatic ring is 1. The van der Waals surface area contributed by atoms with Crippen molar-refractivity contribution in [2.45, 2.75) is 0 Å². The molecule has 0 aromatic carbocycles. The summed E-state index contributed by atoms with van der Waals surface area (Å²) in [7, 11) is 0. The van der Waals surface area contributed by atoms with Gasteiger partial charge in [0.1, 0.15) is 5.69 Å². The van der Waals surface area contributed by atoms with Gasteiger partial charge in [0.25, 0.3) is 0 Å². The minimum absolute atomic E-state index is 0.602. The lowest BCUT2D eigenvalue weighted by atomic mass is 10.4. The standard InChI is InChI=1S/C7H7N5/c8-6-3-7(5-9-4-6)12-10-1-2-11-12/h1-5H,8H2. The highest BCUT2D eigenvalue weighted by molar-refractivity contribution is 5.42. The minimum atomic E-state index is 0.602. The van der Waals surface area contributed by atoms with Crippen molar-refractivity contribution < 1.29 is 0 Å². The fraction of sp³-hybridized carbons (Fsp3) is 0. The molecule has 2 aromatic rings. The SMILES string of the molecule is Nc1cncc(-n2nccn2)c1. The van der Waals surface area contributed by atoms with Crippen molar-refractivity contribution in [2.75, 3.05) is 5.73 Å². The number of nitrogens with zero attached hydrogens (tertiary/aromatic N) is 4. The third-order valence-corrected chi connectivity index (χ3v) is 1.39. The van der Waals surface area contributed by atoms with Gasteiger partial charge in [0.15, 0.2) is 0 Å². The van der Waals surface area contributed by atoms with Gasteiger partial charge in [-0.2, -0.15) is 10.2 Å². The number of rotatable bonds is 1. The van der Waals surface area contributed by atoms with E-state index in [1.54, 1.807) is 30.9 Å². The smallest absolute Gasteiger partial charge is 0.106 e. The van der Waals surface area contributed by atoms with Gasteiger partial charge >= 0.3 is 0 Å². The Bertz CT molecular complexity index is 367. The van der Waals surface area contributed by atoms with Crippen LogP contribution in [0.25, 0.3) is 5.69 Å². The van der Waals surface area contributed by atoms with Gasteiger partial charge in [0.05, 0.1) is 24.3 Å². The summed E-state index contributed by atoms with van der Waals surface area (Å²) in [6, 6.07) is 1.76. The van der Waals surface area contributed by atoms with E-state index in [2.05, 4.69) is 15.2 Å². The summed E-state index contributed by atoms with van der Waals surface area (Å²) in [4.78, 5) is 5.38. The molecule has 0 aliphatic carbocycles. The maximum absolute atomic E-state index is 5.53. The first-order chi connectivity index (χ1) is 5.86. The van der Waals surface area contributed by atoms with E-state index >= 15 is 0 Å². The number of nitrogens with two attached hydrogens (primary N) is 1. The molecule has 0 amide bonds. The zero-order valence-corrected chi connectivity index (χ0v) is 6.25. The van der Waals surface area contributed by atoms with E-state index in [0.717, 1.165) is 5.69 Å². The van der Waals surface area contributed by atoms with Crippen LogP contribution in [0.2, 0.25) is 0 Å². The number of hydrogen-bond acceptors (Lipinski definition) is 4. The van der Waals surface area contributed by atoms with Gasteiger partial charge in [-0.05, 0) is 6.07 Å². The Hall–Kier alpha value is -1.91. The number of anilines is 1. The monoisotopic (exact) mass is 161 g/mol. The first-order valence-corrected chi connectivity index (χ1v) is 3.43. The lowest BCUT2D eigenvalue weighted by Gasteiger charge is -1.98. The molecular formula is C7H7N5. The Morgan fingerprint density at radius 3 is 2.58 bits per heavy atom. The maximum Gasteiger partial charge on any atom is 0.106 e. The molecule has 0 aliphatic heterocycles. The van der Waals surface area contributed by atoms with Gasteiger partial charge < -0.3 is 5.73 Å². The first-order valence-electron chi connectivity index (χ1n) is 3.43. The molecule has 2 rings (SSSR count). The van der Waals surface area contributed by atoms with E-state index in [1.807, 2.05) is 0 Å². The van der Waals surface area contributed by atoms with Crippen LogP contribution >= 0.6 is 0 Å². The fourth-order valence-electron chi connectivity index (χ4n) is 0.903. The highest BCUT2D eigenvalue weighted by Crippen LogP contribution is 2.06. The molecule has 5 heteroatoms. The largest absolute Gasteiger partial charge is 0.397 e. The van der Waals surface area contributed by atoms with Crippen LogP contribution in [-0.2, 0) is 0 Å². The summed E-state index contributed by atoms with van der Waals surface area (Å²) >= 11 is 0. The quantitative estimate of drug-likeness (QED) is 0.650. The molecule has 0 saturated heterocycles. The Balaban J connectivity index is 2.48. The zero-order chi connectivity index (χ0) is 8.39. The molecule has 60 valence electrons. The molecule has 0 fully saturated rings. The third-order valence-electron chi connectivity index (χ3n) is 1.39. The van der Waals surface area contributed by atoms with E-state index in [4.69, 9.17) is 5.73 Å². The highest BCUT2D eigenvalue weighted by atomic mass is 15.5. The van der Waals surface area contributed by atoms with Crippen LogP contribution in [0.1, 0.15) is 0 Å². The molecule has 0 saturated carbocycles. The van der Waals surface area contributed by atoms with Crippen LogP contribution in [-0.4, -0.2) is 20.0 Å². The van der Waals surface area contributed by atoms with Gasteiger partial charge in [-0.1, -0.05) is 0 Å².